The molecule has 3 nitrogen and oxygen atoms in total. The normalized spacial score (nSPS) is 9.08. The SMILES string of the molecule is O=COc1ccc(Cl)cc1C=O. The summed E-state index contributed by atoms with van der Waals surface area (Å²) in [6, 6.07) is 4.42. The largest absolute Gasteiger partial charge is 0.428 e. The maximum Gasteiger partial charge on any atom is 0.298 e. The molecular weight excluding hydrogens is 180 g/mol. The number of halogens is 1. The smallest absolute Gasteiger partial charge is 0.298 e. The van der Waals surface area contributed by atoms with Crippen molar-refractivity contribution >= 4 is 24.4 Å². The highest BCUT2D eigenvalue weighted by molar-refractivity contribution is 6.30. The Hall–Kier alpha value is -1.35. The highest BCUT2D eigenvalue weighted by Gasteiger charge is 2.02. The van der Waals surface area contributed by atoms with Crippen LogP contribution in [0.1, 0.15) is 10.4 Å². The lowest BCUT2D eigenvalue weighted by Crippen LogP contribution is -1.93. The van der Waals surface area contributed by atoms with E-state index < -0.39 is 0 Å². The molecule has 1 rings (SSSR count). The summed E-state index contributed by atoms with van der Waals surface area (Å²) in [7, 11) is 0. The minimum Gasteiger partial charge on any atom is -0.428 e. The van der Waals surface area contributed by atoms with Crippen molar-refractivity contribution in [3.63, 3.8) is 0 Å². The van der Waals surface area contributed by atoms with Crippen molar-refractivity contribution in [3.8, 4) is 5.75 Å². The van der Waals surface area contributed by atoms with Crippen LogP contribution in [-0.2, 0) is 4.79 Å². The number of aldehydes is 1. The molecule has 0 heterocycles. The lowest BCUT2D eigenvalue weighted by molar-refractivity contribution is -0.120. The standard InChI is InChI=1S/C8H5ClO3/c9-7-1-2-8(12-5-11)6(3-7)4-10/h1-5H. The molecule has 0 bridgehead atoms. The van der Waals surface area contributed by atoms with Crippen molar-refractivity contribution < 1.29 is 14.3 Å². The molecule has 0 radical (unpaired) electrons. The van der Waals surface area contributed by atoms with E-state index in [0.717, 1.165) is 0 Å². The number of rotatable bonds is 3. The zero-order valence-corrected chi connectivity index (χ0v) is 6.75. The maximum absolute atomic E-state index is 10.4. The fourth-order valence-corrected chi connectivity index (χ4v) is 0.951. The van der Waals surface area contributed by atoms with Gasteiger partial charge in [0.15, 0.2) is 6.29 Å². The van der Waals surface area contributed by atoms with Crippen molar-refractivity contribution in [2.75, 3.05) is 0 Å². The van der Waals surface area contributed by atoms with E-state index in [2.05, 4.69) is 4.74 Å². The average molecular weight is 185 g/mol. The Bertz CT molecular complexity index is 309. The van der Waals surface area contributed by atoms with E-state index in [1.165, 1.54) is 18.2 Å². The van der Waals surface area contributed by atoms with Crippen LogP contribution in [0.2, 0.25) is 5.02 Å². The molecule has 0 unspecified atom stereocenters. The van der Waals surface area contributed by atoms with Crippen LogP contribution in [0.3, 0.4) is 0 Å². The molecule has 0 atom stereocenters. The van der Waals surface area contributed by atoms with Gasteiger partial charge in [-0.1, -0.05) is 11.6 Å². The summed E-state index contributed by atoms with van der Waals surface area (Å²) in [5.41, 5.74) is 0.259. The molecule has 62 valence electrons. The lowest BCUT2D eigenvalue weighted by atomic mass is 10.2. The van der Waals surface area contributed by atoms with Crippen LogP contribution < -0.4 is 4.74 Å². The molecule has 1 aromatic carbocycles. The van der Waals surface area contributed by atoms with Gasteiger partial charge >= 0.3 is 0 Å². The third-order valence-corrected chi connectivity index (χ3v) is 1.51. The van der Waals surface area contributed by atoms with E-state index >= 15 is 0 Å². The fourth-order valence-electron chi connectivity index (χ4n) is 0.771. The first-order valence-electron chi connectivity index (χ1n) is 3.13. The van der Waals surface area contributed by atoms with Crippen LogP contribution in [0.15, 0.2) is 18.2 Å². The summed E-state index contributed by atoms with van der Waals surface area (Å²) in [5, 5.41) is 0.426. The van der Waals surface area contributed by atoms with Crippen LogP contribution in [0.5, 0.6) is 5.75 Å². The molecule has 0 spiro atoms. The van der Waals surface area contributed by atoms with Gasteiger partial charge in [-0.3, -0.25) is 9.59 Å². The molecule has 0 fully saturated rings. The van der Waals surface area contributed by atoms with Gasteiger partial charge in [0.25, 0.3) is 6.47 Å². The predicted molar refractivity (Wildman–Crippen MR) is 43.5 cm³/mol. The second-order valence-corrected chi connectivity index (χ2v) is 2.45. The van der Waals surface area contributed by atoms with Gasteiger partial charge in [0, 0.05) is 5.02 Å². The Morgan fingerprint density at radius 1 is 1.33 bits per heavy atom. The summed E-state index contributed by atoms with van der Waals surface area (Å²) in [6.45, 7) is 0.260. The van der Waals surface area contributed by atoms with Gasteiger partial charge in [-0.25, -0.2) is 0 Å². The van der Waals surface area contributed by atoms with Crippen molar-refractivity contribution in [1.82, 2.24) is 0 Å². The number of carbonyl (C=O) groups is 2. The van der Waals surface area contributed by atoms with Crippen molar-refractivity contribution in [1.29, 1.82) is 0 Å². The Kier molecular flexibility index (Phi) is 2.82. The summed E-state index contributed by atoms with van der Waals surface area (Å²) >= 11 is 5.59. The van der Waals surface area contributed by atoms with E-state index in [1.807, 2.05) is 0 Å². The summed E-state index contributed by atoms with van der Waals surface area (Å²) in [6.07, 6.45) is 0.574. The molecule has 0 aromatic heterocycles. The first kappa shape index (κ1) is 8.74. The molecule has 1 aromatic rings. The van der Waals surface area contributed by atoms with Gasteiger partial charge in [0.05, 0.1) is 5.56 Å². The van der Waals surface area contributed by atoms with Gasteiger partial charge in [-0.15, -0.1) is 0 Å². The third-order valence-electron chi connectivity index (χ3n) is 1.27. The van der Waals surface area contributed by atoms with E-state index in [0.29, 0.717) is 11.3 Å². The molecule has 0 aliphatic heterocycles. The number of hydrogen-bond acceptors (Lipinski definition) is 3. The topological polar surface area (TPSA) is 43.4 Å². The molecule has 0 saturated heterocycles. The average Bonchev–Trinajstić information content (AvgIpc) is 2.08. The van der Waals surface area contributed by atoms with Gasteiger partial charge in [-0.05, 0) is 18.2 Å². The summed E-state index contributed by atoms with van der Waals surface area (Å²) < 4.78 is 4.51. The molecule has 0 amide bonds. The van der Waals surface area contributed by atoms with Crippen molar-refractivity contribution in [2.45, 2.75) is 0 Å². The van der Waals surface area contributed by atoms with E-state index in [9.17, 15) is 9.59 Å². The van der Waals surface area contributed by atoms with Gasteiger partial charge in [-0.2, -0.15) is 0 Å². The molecular formula is C8H5ClO3. The van der Waals surface area contributed by atoms with Crippen molar-refractivity contribution in [3.05, 3.63) is 28.8 Å². The minimum atomic E-state index is 0.212. The predicted octanol–water partition coefficient (Wildman–Crippen LogP) is 1.69. The third kappa shape index (κ3) is 1.83. The number of ether oxygens (including phenoxy) is 1. The van der Waals surface area contributed by atoms with Crippen molar-refractivity contribution in [2.24, 2.45) is 0 Å². The molecule has 0 N–H and O–H groups in total. The maximum atomic E-state index is 10.4. The monoisotopic (exact) mass is 184 g/mol. The second kappa shape index (κ2) is 3.88. The first-order chi connectivity index (χ1) is 5.77. The van der Waals surface area contributed by atoms with Crippen LogP contribution in [-0.4, -0.2) is 12.8 Å². The second-order valence-electron chi connectivity index (χ2n) is 2.01. The molecule has 0 aliphatic carbocycles. The van der Waals surface area contributed by atoms with E-state index in [-0.39, 0.29) is 17.8 Å². The molecule has 0 saturated carbocycles. The van der Waals surface area contributed by atoms with Crippen LogP contribution in [0, 0.1) is 0 Å². The van der Waals surface area contributed by atoms with Gasteiger partial charge < -0.3 is 4.74 Å². The number of hydrogen-bond donors (Lipinski definition) is 0. The van der Waals surface area contributed by atoms with E-state index in [4.69, 9.17) is 11.6 Å². The number of benzene rings is 1. The van der Waals surface area contributed by atoms with Crippen LogP contribution in [0.25, 0.3) is 0 Å². The zero-order valence-electron chi connectivity index (χ0n) is 5.99. The summed E-state index contributed by atoms with van der Waals surface area (Å²) in [5.74, 6) is 0.212. The van der Waals surface area contributed by atoms with Gasteiger partial charge in [0.2, 0.25) is 0 Å². The highest BCUT2D eigenvalue weighted by Crippen LogP contribution is 2.20. The van der Waals surface area contributed by atoms with E-state index in [1.54, 1.807) is 0 Å². The highest BCUT2D eigenvalue weighted by atomic mass is 35.5. The Labute approximate surface area is 73.9 Å². The lowest BCUT2D eigenvalue weighted by Gasteiger charge is -2.00. The molecule has 12 heavy (non-hydrogen) atoms. The molecule has 0 aliphatic rings. The zero-order chi connectivity index (χ0) is 8.97. The Balaban J connectivity index is 3.10. The Morgan fingerprint density at radius 3 is 2.67 bits per heavy atom. The van der Waals surface area contributed by atoms with Crippen LogP contribution in [0.4, 0.5) is 0 Å². The van der Waals surface area contributed by atoms with Gasteiger partial charge in [0.1, 0.15) is 5.75 Å². The summed E-state index contributed by atoms with van der Waals surface area (Å²) in [4.78, 5) is 20.4. The minimum absolute atomic E-state index is 0.212. The first-order valence-corrected chi connectivity index (χ1v) is 3.50. The fraction of sp³-hybridized carbons (Fsp3) is 0. The van der Waals surface area contributed by atoms with Crippen LogP contribution >= 0.6 is 11.6 Å². The molecule has 4 heteroatoms. The number of carbonyl (C=O) groups excluding carboxylic acids is 2. The quantitative estimate of drug-likeness (QED) is 0.672. The Morgan fingerprint density at radius 2 is 2.08 bits per heavy atom.